The molecule has 1 aromatic heterocycles. The van der Waals surface area contributed by atoms with Crippen LogP contribution in [0, 0.1) is 0 Å². The molecule has 0 radical (unpaired) electrons. The van der Waals surface area contributed by atoms with Crippen LogP contribution in [0.5, 0.6) is 0 Å². The number of nitrogens with one attached hydrogen (secondary N) is 1. The van der Waals surface area contributed by atoms with Gasteiger partial charge in [0.15, 0.2) is 0 Å². The molecule has 1 fully saturated rings. The molecule has 0 aromatic carbocycles. The first-order valence-corrected chi connectivity index (χ1v) is 4.34. The zero-order valence-electron chi connectivity index (χ0n) is 5.92. The predicted octanol–water partition coefficient (Wildman–Crippen LogP) is 1.35. The first-order chi connectivity index (χ1) is 4.81. The van der Waals surface area contributed by atoms with Crippen LogP contribution in [-0.4, -0.2) is 11.5 Å². The lowest BCUT2D eigenvalue weighted by Gasteiger charge is -2.37. The maximum atomic E-state index is 4.27. The summed E-state index contributed by atoms with van der Waals surface area (Å²) in [6, 6.07) is 0. The SMILES string of the molecule is CC1(c2nccs2)CCN1. The van der Waals surface area contributed by atoms with E-state index in [-0.39, 0.29) is 5.54 Å². The Hall–Kier alpha value is -0.410. The average Bonchev–Trinajstić information content (AvgIpc) is 2.33. The molecule has 0 aliphatic carbocycles. The topological polar surface area (TPSA) is 24.9 Å². The molecule has 1 aliphatic rings. The number of hydrogen-bond donors (Lipinski definition) is 1. The van der Waals surface area contributed by atoms with Gasteiger partial charge in [-0.3, -0.25) is 0 Å². The van der Waals surface area contributed by atoms with Crippen LogP contribution in [0.25, 0.3) is 0 Å². The third-order valence-electron chi connectivity index (χ3n) is 2.04. The number of thiazole rings is 1. The Bertz CT molecular complexity index is 214. The largest absolute Gasteiger partial charge is 0.306 e. The van der Waals surface area contributed by atoms with E-state index in [1.165, 1.54) is 11.4 Å². The van der Waals surface area contributed by atoms with Crippen molar-refractivity contribution in [1.29, 1.82) is 0 Å². The minimum absolute atomic E-state index is 0.203. The van der Waals surface area contributed by atoms with E-state index in [0.29, 0.717) is 0 Å². The second-order valence-electron chi connectivity index (χ2n) is 2.85. The monoisotopic (exact) mass is 154 g/mol. The zero-order valence-corrected chi connectivity index (χ0v) is 6.74. The van der Waals surface area contributed by atoms with Crippen molar-refractivity contribution in [3.05, 3.63) is 16.6 Å². The minimum Gasteiger partial charge on any atom is -0.306 e. The van der Waals surface area contributed by atoms with Gasteiger partial charge in [-0.2, -0.15) is 0 Å². The third kappa shape index (κ3) is 0.777. The highest BCUT2D eigenvalue weighted by Gasteiger charge is 2.34. The van der Waals surface area contributed by atoms with E-state index in [2.05, 4.69) is 17.2 Å². The smallest absolute Gasteiger partial charge is 0.112 e. The molecular formula is C7H10N2S. The summed E-state index contributed by atoms with van der Waals surface area (Å²) in [6.07, 6.45) is 3.09. The van der Waals surface area contributed by atoms with Crippen LogP contribution in [0.1, 0.15) is 18.4 Å². The van der Waals surface area contributed by atoms with Gasteiger partial charge in [-0.25, -0.2) is 4.98 Å². The lowest BCUT2D eigenvalue weighted by Crippen LogP contribution is -2.51. The van der Waals surface area contributed by atoms with Crippen LogP contribution in [0.15, 0.2) is 11.6 Å². The highest BCUT2D eigenvalue weighted by molar-refractivity contribution is 7.09. The molecule has 1 unspecified atom stereocenters. The molecule has 1 saturated heterocycles. The minimum atomic E-state index is 0.203. The average molecular weight is 154 g/mol. The molecule has 2 rings (SSSR count). The highest BCUT2D eigenvalue weighted by Crippen LogP contribution is 2.31. The second-order valence-corrected chi connectivity index (χ2v) is 3.74. The normalized spacial score (nSPS) is 31.7. The molecule has 1 aromatic rings. The van der Waals surface area contributed by atoms with Crippen molar-refractivity contribution in [2.75, 3.05) is 6.54 Å². The molecule has 10 heavy (non-hydrogen) atoms. The standard InChI is InChI=1S/C7H10N2S/c1-7(2-3-9-7)6-8-4-5-10-6/h4-5,9H,2-3H2,1H3. The van der Waals surface area contributed by atoms with Crippen molar-refractivity contribution in [2.45, 2.75) is 18.9 Å². The molecule has 0 amide bonds. The van der Waals surface area contributed by atoms with Crippen LogP contribution in [-0.2, 0) is 5.54 Å². The van der Waals surface area contributed by atoms with E-state index in [9.17, 15) is 0 Å². The lowest BCUT2D eigenvalue weighted by molar-refractivity contribution is 0.236. The highest BCUT2D eigenvalue weighted by atomic mass is 32.1. The molecule has 2 heterocycles. The summed E-state index contributed by atoms with van der Waals surface area (Å²) in [4.78, 5) is 4.27. The Balaban J connectivity index is 2.27. The Kier molecular flexibility index (Phi) is 1.28. The zero-order chi connectivity index (χ0) is 7.03. The number of rotatable bonds is 1. The van der Waals surface area contributed by atoms with Crippen LogP contribution in [0.4, 0.5) is 0 Å². The first-order valence-electron chi connectivity index (χ1n) is 3.46. The van der Waals surface area contributed by atoms with Crippen molar-refractivity contribution in [1.82, 2.24) is 10.3 Å². The van der Waals surface area contributed by atoms with Crippen molar-refractivity contribution >= 4 is 11.3 Å². The Labute approximate surface area is 64.3 Å². The Morgan fingerprint density at radius 1 is 1.80 bits per heavy atom. The van der Waals surface area contributed by atoms with Crippen molar-refractivity contribution in [2.24, 2.45) is 0 Å². The summed E-state index contributed by atoms with van der Waals surface area (Å²) < 4.78 is 0. The Morgan fingerprint density at radius 2 is 2.60 bits per heavy atom. The van der Waals surface area contributed by atoms with Gasteiger partial charge in [0.1, 0.15) is 5.01 Å². The molecule has 0 saturated carbocycles. The van der Waals surface area contributed by atoms with Crippen LogP contribution in [0.2, 0.25) is 0 Å². The van der Waals surface area contributed by atoms with Gasteiger partial charge in [-0.15, -0.1) is 11.3 Å². The van der Waals surface area contributed by atoms with Gasteiger partial charge in [0, 0.05) is 11.6 Å². The molecule has 54 valence electrons. The van der Waals surface area contributed by atoms with Gasteiger partial charge < -0.3 is 5.32 Å². The predicted molar refractivity (Wildman–Crippen MR) is 42.1 cm³/mol. The number of hydrogen-bond acceptors (Lipinski definition) is 3. The van der Waals surface area contributed by atoms with Gasteiger partial charge in [-0.05, 0) is 19.9 Å². The molecule has 1 atom stereocenters. The summed E-state index contributed by atoms with van der Waals surface area (Å²) >= 11 is 1.73. The second kappa shape index (κ2) is 2.04. The fourth-order valence-electron chi connectivity index (χ4n) is 1.18. The fraction of sp³-hybridized carbons (Fsp3) is 0.571. The number of nitrogens with zero attached hydrogens (tertiary/aromatic N) is 1. The molecular weight excluding hydrogens is 144 g/mol. The number of aromatic nitrogens is 1. The van der Waals surface area contributed by atoms with E-state index >= 15 is 0 Å². The summed E-state index contributed by atoms with van der Waals surface area (Å²) in [7, 11) is 0. The fourth-order valence-corrected chi connectivity index (χ4v) is 1.99. The van der Waals surface area contributed by atoms with E-state index in [1.807, 2.05) is 11.6 Å². The van der Waals surface area contributed by atoms with Crippen molar-refractivity contribution in [3.63, 3.8) is 0 Å². The summed E-state index contributed by atoms with van der Waals surface area (Å²) in [6.45, 7) is 3.34. The van der Waals surface area contributed by atoms with Gasteiger partial charge in [0.2, 0.25) is 0 Å². The van der Waals surface area contributed by atoms with Crippen LogP contribution < -0.4 is 5.32 Å². The van der Waals surface area contributed by atoms with Gasteiger partial charge in [-0.1, -0.05) is 0 Å². The van der Waals surface area contributed by atoms with Gasteiger partial charge in [0.25, 0.3) is 0 Å². The Morgan fingerprint density at radius 3 is 3.00 bits per heavy atom. The summed E-state index contributed by atoms with van der Waals surface area (Å²) in [5, 5.41) is 6.62. The maximum Gasteiger partial charge on any atom is 0.112 e. The molecule has 1 N–H and O–H groups in total. The van der Waals surface area contributed by atoms with Gasteiger partial charge >= 0.3 is 0 Å². The quantitative estimate of drug-likeness (QED) is 0.660. The first kappa shape index (κ1) is 6.31. The molecule has 0 bridgehead atoms. The maximum absolute atomic E-state index is 4.27. The van der Waals surface area contributed by atoms with E-state index < -0.39 is 0 Å². The van der Waals surface area contributed by atoms with E-state index in [0.717, 1.165) is 6.54 Å². The van der Waals surface area contributed by atoms with Crippen molar-refractivity contribution < 1.29 is 0 Å². The van der Waals surface area contributed by atoms with Gasteiger partial charge in [0.05, 0.1) is 5.54 Å². The molecule has 0 spiro atoms. The van der Waals surface area contributed by atoms with E-state index in [1.54, 1.807) is 11.3 Å². The van der Waals surface area contributed by atoms with Crippen molar-refractivity contribution in [3.8, 4) is 0 Å². The van der Waals surface area contributed by atoms with E-state index in [4.69, 9.17) is 0 Å². The summed E-state index contributed by atoms with van der Waals surface area (Å²) in [5.41, 5.74) is 0.203. The van der Waals surface area contributed by atoms with Crippen LogP contribution >= 0.6 is 11.3 Å². The third-order valence-corrected chi connectivity index (χ3v) is 3.08. The molecule has 3 heteroatoms. The summed E-state index contributed by atoms with van der Waals surface area (Å²) in [5.74, 6) is 0. The molecule has 1 aliphatic heterocycles. The van der Waals surface area contributed by atoms with Crippen LogP contribution in [0.3, 0.4) is 0 Å². The molecule has 2 nitrogen and oxygen atoms in total. The lowest BCUT2D eigenvalue weighted by atomic mass is 9.91.